The SMILES string of the molecule is CCOc1ccc(Cl)cc1[C@H]1CCC[NH2+]1. The van der Waals surface area contributed by atoms with Crippen LogP contribution in [0.5, 0.6) is 5.75 Å². The van der Waals surface area contributed by atoms with Crippen LogP contribution in [0.25, 0.3) is 0 Å². The number of hydrogen-bond acceptors (Lipinski definition) is 1. The number of quaternary nitrogens is 1. The van der Waals surface area contributed by atoms with Gasteiger partial charge in [-0.3, -0.25) is 0 Å². The van der Waals surface area contributed by atoms with Gasteiger partial charge in [0.05, 0.1) is 18.7 Å². The van der Waals surface area contributed by atoms with Crippen LogP contribution in [0.3, 0.4) is 0 Å². The van der Waals surface area contributed by atoms with Crippen LogP contribution >= 0.6 is 11.6 Å². The lowest BCUT2D eigenvalue weighted by Crippen LogP contribution is -2.81. The molecule has 1 aromatic rings. The molecule has 1 saturated heterocycles. The predicted octanol–water partition coefficient (Wildman–Crippen LogP) is 2.14. The zero-order valence-electron chi connectivity index (χ0n) is 9.00. The van der Waals surface area contributed by atoms with Gasteiger partial charge in [0.25, 0.3) is 0 Å². The molecule has 1 aromatic carbocycles. The molecule has 82 valence electrons. The highest BCUT2D eigenvalue weighted by molar-refractivity contribution is 6.30. The normalized spacial score (nSPS) is 20.5. The van der Waals surface area contributed by atoms with Crippen LogP contribution in [0, 0.1) is 0 Å². The molecule has 0 aliphatic carbocycles. The molecule has 0 saturated carbocycles. The molecule has 0 unspecified atom stereocenters. The van der Waals surface area contributed by atoms with E-state index < -0.39 is 0 Å². The second-order valence-electron chi connectivity index (χ2n) is 3.89. The fourth-order valence-corrected chi connectivity index (χ4v) is 2.33. The van der Waals surface area contributed by atoms with Crippen molar-refractivity contribution in [1.82, 2.24) is 0 Å². The fraction of sp³-hybridized carbons (Fsp3) is 0.500. The van der Waals surface area contributed by atoms with Gasteiger partial charge in [-0.25, -0.2) is 0 Å². The minimum Gasteiger partial charge on any atom is -0.493 e. The summed E-state index contributed by atoms with van der Waals surface area (Å²) in [6.07, 6.45) is 2.50. The van der Waals surface area contributed by atoms with Crippen molar-refractivity contribution >= 4 is 11.6 Å². The summed E-state index contributed by atoms with van der Waals surface area (Å²) in [5, 5.41) is 3.17. The van der Waals surface area contributed by atoms with E-state index in [0.717, 1.165) is 10.8 Å². The van der Waals surface area contributed by atoms with E-state index in [1.165, 1.54) is 24.9 Å². The van der Waals surface area contributed by atoms with Gasteiger partial charge in [-0.1, -0.05) is 11.6 Å². The lowest BCUT2D eigenvalue weighted by molar-refractivity contribution is -0.676. The molecule has 1 aliphatic heterocycles. The van der Waals surface area contributed by atoms with Gasteiger partial charge in [-0.15, -0.1) is 0 Å². The van der Waals surface area contributed by atoms with E-state index in [0.29, 0.717) is 12.6 Å². The van der Waals surface area contributed by atoms with Crippen LogP contribution in [0.4, 0.5) is 0 Å². The summed E-state index contributed by atoms with van der Waals surface area (Å²) in [5.41, 5.74) is 1.25. The lowest BCUT2D eigenvalue weighted by Gasteiger charge is -2.13. The van der Waals surface area contributed by atoms with Crippen molar-refractivity contribution in [2.24, 2.45) is 0 Å². The van der Waals surface area contributed by atoms with Crippen molar-refractivity contribution in [1.29, 1.82) is 0 Å². The second-order valence-corrected chi connectivity index (χ2v) is 4.32. The minimum absolute atomic E-state index is 0.533. The van der Waals surface area contributed by atoms with Gasteiger partial charge in [0.1, 0.15) is 11.8 Å². The van der Waals surface area contributed by atoms with Crippen molar-refractivity contribution in [3.05, 3.63) is 28.8 Å². The molecule has 0 amide bonds. The fourth-order valence-electron chi connectivity index (χ4n) is 2.15. The number of halogens is 1. The molecule has 0 radical (unpaired) electrons. The molecule has 2 rings (SSSR count). The van der Waals surface area contributed by atoms with Gasteiger partial charge in [-0.05, 0) is 25.1 Å². The third-order valence-corrected chi connectivity index (χ3v) is 3.08. The van der Waals surface area contributed by atoms with E-state index in [2.05, 4.69) is 5.32 Å². The first-order chi connectivity index (χ1) is 7.31. The van der Waals surface area contributed by atoms with Crippen LogP contribution < -0.4 is 10.1 Å². The molecule has 1 aliphatic rings. The van der Waals surface area contributed by atoms with Gasteiger partial charge >= 0.3 is 0 Å². The molecule has 2 nitrogen and oxygen atoms in total. The topological polar surface area (TPSA) is 25.8 Å². The molecule has 15 heavy (non-hydrogen) atoms. The zero-order valence-corrected chi connectivity index (χ0v) is 9.76. The highest BCUT2D eigenvalue weighted by atomic mass is 35.5. The molecule has 3 heteroatoms. The van der Waals surface area contributed by atoms with Crippen molar-refractivity contribution in [2.45, 2.75) is 25.8 Å². The summed E-state index contributed by atoms with van der Waals surface area (Å²) >= 11 is 6.03. The molecule has 0 spiro atoms. The Kier molecular flexibility index (Phi) is 3.49. The van der Waals surface area contributed by atoms with E-state index in [1.807, 2.05) is 25.1 Å². The van der Waals surface area contributed by atoms with Crippen LogP contribution in [0.1, 0.15) is 31.4 Å². The Balaban J connectivity index is 2.28. The number of rotatable bonds is 3. The summed E-state index contributed by atoms with van der Waals surface area (Å²) < 4.78 is 5.63. The van der Waals surface area contributed by atoms with Gasteiger partial charge in [0.15, 0.2) is 0 Å². The van der Waals surface area contributed by atoms with Crippen LogP contribution in [0.15, 0.2) is 18.2 Å². The lowest BCUT2D eigenvalue weighted by atomic mass is 10.0. The Bertz CT molecular complexity index is 334. The molecule has 0 bridgehead atoms. The summed E-state index contributed by atoms with van der Waals surface area (Å²) in [7, 11) is 0. The van der Waals surface area contributed by atoms with E-state index in [9.17, 15) is 0 Å². The van der Waals surface area contributed by atoms with Gasteiger partial charge in [0, 0.05) is 17.9 Å². The average molecular weight is 227 g/mol. The second kappa shape index (κ2) is 4.86. The van der Waals surface area contributed by atoms with E-state index in [1.54, 1.807) is 0 Å². The first kappa shape index (κ1) is 10.8. The maximum Gasteiger partial charge on any atom is 0.128 e. The largest absolute Gasteiger partial charge is 0.493 e. The highest BCUT2D eigenvalue weighted by Crippen LogP contribution is 2.30. The van der Waals surface area contributed by atoms with E-state index in [4.69, 9.17) is 16.3 Å². The number of benzene rings is 1. The zero-order chi connectivity index (χ0) is 10.7. The molecule has 1 heterocycles. The maximum absolute atomic E-state index is 6.03. The summed E-state index contributed by atoms with van der Waals surface area (Å²) in [4.78, 5) is 0. The molecule has 2 N–H and O–H groups in total. The van der Waals surface area contributed by atoms with Crippen LogP contribution in [-0.2, 0) is 0 Å². The number of hydrogen-bond donors (Lipinski definition) is 1. The molecule has 1 fully saturated rings. The number of nitrogens with two attached hydrogens (primary N) is 1. The molecule has 1 atom stereocenters. The number of ether oxygens (including phenoxy) is 1. The monoisotopic (exact) mass is 226 g/mol. The Labute approximate surface area is 95.6 Å². The van der Waals surface area contributed by atoms with Crippen molar-refractivity contribution in [3.8, 4) is 5.75 Å². The molecular formula is C12H17ClNO+. The van der Waals surface area contributed by atoms with Crippen molar-refractivity contribution in [2.75, 3.05) is 13.2 Å². The Morgan fingerprint density at radius 2 is 2.40 bits per heavy atom. The first-order valence-corrected chi connectivity index (χ1v) is 5.94. The smallest absolute Gasteiger partial charge is 0.128 e. The predicted molar refractivity (Wildman–Crippen MR) is 61.4 cm³/mol. The Hall–Kier alpha value is -0.730. The molecular weight excluding hydrogens is 210 g/mol. The third kappa shape index (κ3) is 2.44. The minimum atomic E-state index is 0.533. The summed E-state index contributed by atoms with van der Waals surface area (Å²) in [6, 6.07) is 6.45. The maximum atomic E-state index is 6.03. The quantitative estimate of drug-likeness (QED) is 0.840. The summed E-state index contributed by atoms with van der Waals surface area (Å²) in [5.74, 6) is 0.991. The van der Waals surface area contributed by atoms with Gasteiger partial charge in [-0.2, -0.15) is 0 Å². The standard InChI is InChI=1S/C12H16ClNO/c1-2-15-12-6-5-9(13)8-10(12)11-4-3-7-14-11/h5-6,8,11,14H,2-4,7H2,1H3/p+1/t11-/m1/s1. The highest BCUT2D eigenvalue weighted by Gasteiger charge is 2.23. The van der Waals surface area contributed by atoms with Crippen LogP contribution in [0.2, 0.25) is 5.02 Å². The first-order valence-electron chi connectivity index (χ1n) is 5.57. The Morgan fingerprint density at radius 3 is 3.07 bits per heavy atom. The van der Waals surface area contributed by atoms with Gasteiger partial charge < -0.3 is 10.1 Å². The van der Waals surface area contributed by atoms with Crippen LogP contribution in [-0.4, -0.2) is 13.2 Å². The average Bonchev–Trinajstić information content (AvgIpc) is 2.74. The van der Waals surface area contributed by atoms with Crippen molar-refractivity contribution < 1.29 is 10.1 Å². The van der Waals surface area contributed by atoms with Crippen molar-refractivity contribution in [3.63, 3.8) is 0 Å². The van der Waals surface area contributed by atoms with E-state index in [-0.39, 0.29) is 0 Å². The van der Waals surface area contributed by atoms with Gasteiger partial charge in [0.2, 0.25) is 0 Å². The van der Waals surface area contributed by atoms with E-state index >= 15 is 0 Å². The summed E-state index contributed by atoms with van der Waals surface area (Å²) in [6.45, 7) is 3.93. The molecule has 0 aromatic heterocycles. The Morgan fingerprint density at radius 1 is 1.53 bits per heavy atom. The third-order valence-electron chi connectivity index (χ3n) is 2.84.